The Morgan fingerprint density at radius 3 is 2.58 bits per heavy atom. The molecule has 0 bridgehead atoms. The van der Waals surface area contributed by atoms with Crippen LogP contribution in [0.15, 0.2) is 54.7 Å². The number of aromatic nitrogens is 1. The highest BCUT2D eigenvalue weighted by atomic mass is 19.1. The molecule has 2 heteroatoms. The first-order chi connectivity index (χ1) is 9.29. The van der Waals surface area contributed by atoms with Gasteiger partial charge in [-0.15, -0.1) is 0 Å². The summed E-state index contributed by atoms with van der Waals surface area (Å²) in [5, 5.41) is 1.40. The van der Waals surface area contributed by atoms with E-state index in [2.05, 4.69) is 4.98 Å². The number of hydrogen-bond acceptors (Lipinski definition) is 1. The highest BCUT2D eigenvalue weighted by Crippen LogP contribution is 2.28. The van der Waals surface area contributed by atoms with Crippen LogP contribution in [0.5, 0.6) is 0 Å². The minimum atomic E-state index is -0.297. The van der Waals surface area contributed by atoms with Crippen molar-refractivity contribution in [2.45, 2.75) is 6.42 Å². The summed E-state index contributed by atoms with van der Waals surface area (Å²) in [6.07, 6.45) is 1.75. The Kier molecular flexibility index (Phi) is 3.00. The van der Waals surface area contributed by atoms with Gasteiger partial charge in [-0.2, -0.15) is 0 Å². The normalized spacial score (nSPS) is 10.8. The molecule has 3 aromatic rings. The van der Waals surface area contributed by atoms with Gasteiger partial charge in [-0.25, -0.2) is 4.39 Å². The molecule has 0 aliphatic heterocycles. The van der Waals surface area contributed by atoms with E-state index in [1.807, 2.05) is 42.5 Å². The molecular weight excluding hydrogens is 237 g/mol. The van der Waals surface area contributed by atoms with Crippen LogP contribution < -0.4 is 0 Å². The van der Waals surface area contributed by atoms with E-state index in [1.165, 1.54) is 6.20 Å². The molecule has 0 aliphatic carbocycles. The van der Waals surface area contributed by atoms with Crippen LogP contribution in [0.2, 0.25) is 0 Å². The smallest absolute Gasteiger partial charge is 0.149 e. The maximum atomic E-state index is 13.7. The molecule has 1 nitrogen and oxygen atoms in total. The molecule has 1 aromatic heterocycles. The Bertz CT molecular complexity index is 734. The van der Waals surface area contributed by atoms with Crippen molar-refractivity contribution in [1.82, 2.24) is 4.98 Å². The van der Waals surface area contributed by atoms with Crippen LogP contribution in [-0.4, -0.2) is 4.98 Å². The van der Waals surface area contributed by atoms with Crippen LogP contribution in [-0.2, 0) is 6.42 Å². The van der Waals surface area contributed by atoms with E-state index in [0.29, 0.717) is 11.8 Å². The van der Waals surface area contributed by atoms with E-state index >= 15 is 0 Å². The van der Waals surface area contributed by atoms with E-state index in [0.717, 1.165) is 22.2 Å². The summed E-state index contributed by atoms with van der Waals surface area (Å²) in [4.78, 5) is 4.24. The number of benzene rings is 2. The lowest BCUT2D eigenvalue weighted by Gasteiger charge is -2.08. The minimum absolute atomic E-state index is 0.297. The summed E-state index contributed by atoms with van der Waals surface area (Å²) in [7, 11) is 0. The molecule has 0 spiro atoms. The fourth-order valence-corrected chi connectivity index (χ4v) is 2.23. The van der Waals surface area contributed by atoms with Gasteiger partial charge in [0.15, 0.2) is 0 Å². The topological polar surface area (TPSA) is 12.9 Å². The molecule has 92 valence electrons. The third-order valence-corrected chi connectivity index (χ3v) is 3.18. The zero-order chi connectivity index (χ0) is 13.2. The molecule has 0 atom stereocenters. The van der Waals surface area contributed by atoms with Gasteiger partial charge in [0.1, 0.15) is 5.82 Å². The van der Waals surface area contributed by atoms with Crippen molar-refractivity contribution in [2.24, 2.45) is 0 Å². The molecule has 0 unspecified atom stereocenters. The Balaban J connectivity index is 2.28. The van der Waals surface area contributed by atoms with Crippen molar-refractivity contribution in [3.05, 3.63) is 73.0 Å². The number of nitrogens with zero attached hydrogens (tertiary/aromatic N) is 1. The van der Waals surface area contributed by atoms with Gasteiger partial charge in [-0.05, 0) is 25.0 Å². The molecule has 0 aliphatic rings. The lowest BCUT2D eigenvalue weighted by Crippen LogP contribution is -1.90. The number of pyridine rings is 1. The zero-order valence-corrected chi connectivity index (χ0v) is 10.3. The molecule has 2 aromatic carbocycles. The quantitative estimate of drug-likeness (QED) is 0.660. The van der Waals surface area contributed by atoms with E-state index < -0.39 is 0 Å². The van der Waals surface area contributed by atoms with Gasteiger partial charge in [0.2, 0.25) is 0 Å². The van der Waals surface area contributed by atoms with Gasteiger partial charge in [-0.1, -0.05) is 42.5 Å². The van der Waals surface area contributed by atoms with Crippen LogP contribution in [0.4, 0.5) is 4.39 Å². The average Bonchev–Trinajstić information content (AvgIpc) is 2.48. The summed E-state index contributed by atoms with van der Waals surface area (Å²) < 4.78 is 13.7. The molecule has 0 saturated heterocycles. The number of halogens is 1. The lowest BCUT2D eigenvalue weighted by atomic mass is 10.0. The van der Waals surface area contributed by atoms with E-state index in [4.69, 9.17) is 6.92 Å². The van der Waals surface area contributed by atoms with E-state index in [1.54, 1.807) is 6.07 Å². The van der Waals surface area contributed by atoms with Crippen molar-refractivity contribution in [3.63, 3.8) is 0 Å². The highest BCUT2D eigenvalue weighted by Gasteiger charge is 2.08. The second-order valence-electron chi connectivity index (χ2n) is 4.40. The molecule has 1 heterocycles. The second-order valence-corrected chi connectivity index (χ2v) is 4.40. The first kappa shape index (κ1) is 11.8. The Morgan fingerprint density at radius 2 is 1.79 bits per heavy atom. The van der Waals surface area contributed by atoms with Gasteiger partial charge in [0.25, 0.3) is 0 Å². The van der Waals surface area contributed by atoms with Gasteiger partial charge in [0.05, 0.1) is 11.9 Å². The maximum absolute atomic E-state index is 13.7. The molecule has 0 amide bonds. The van der Waals surface area contributed by atoms with Gasteiger partial charge in [-0.3, -0.25) is 4.98 Å². The van der Waals surface area contributed by atoms with Crippen LogP contribution >= 0.6 is 0 Å². The number of rotatable bonds is 2. The maximum Gasteiger partial charge on any atom is 0.149 e. The molecule has 0 N–H and O–H groups in total. The minimum Gasteiger partial charge on any atom is -0.253 e. The van der Waals surface area contributed by atoms with Crippen molar-refractivity contribution in [1.29, 1.82) is 0 Å². The second kappa shape index (κ2) is 4.81. The van der Waals surface area contributed by atoms with Crippen LogP contribution in [0.25, 0.3) is 22.0 Å². The van der Waals surface area contributed by atoms with E-state index in [9.17, 15) is 4.39 Å². The fraction of sp³-hybridized carbons (Fsp3) is 0.0588. The van der Waals surface area contributed by atoms with Gasteiger partial charge >= 0.3 is 0 Å². The average molecular weight is 249 g/mol. The largest absolute Gasteiger partial charge is 0.253 e. The summed E-state index contributed by atoms with van der Waals surface area (Å²) >= 11 is 0. The van der Waals surface area contributed by atoms with Crippen LogP contribution in [0, 0.1) is 12.7 Å². The van der Waals surface area contributed by atoms with Crippen molar-refractivity contribution >= 4 is 10.8 Å². The third-order valence-electron chi connectivity index (χ3n) is 3.18. The Morgan fingerprint density at radius 1 is 1.00 bits per heavy atom. The molecular formula is C17H12FN. The Labute approximate surface area is 111 Å². The summed E-state index contributed by atoms with van der Waals surface area (Å²) in [5.41, 5.74) is 2.78. The molecule has 2 radical (unpaired) electrons. The molecule has 0 fully saturated rings. The molecule has 0 saturated carbocycles. The van der Waals surface area contributed by atoms with E-state index in [-0.39, 0.29) is 5.82 Å². The predicted octanol–water partition coefficient (Wildman–Crippen LogP) is 4.29. The SMILES string of the molecule is [CH]Cc1cccc(-c2ncc(F)c3ccccc23)c1. The highest BCUT2D eigenvalue weighted by molar-refractivity contribution is 5.94. The Hall–Kier alpha value is -2.22. The van der Waals surface area contributed by atoms with Crippen LogP contribution in [0.1, 0.15) is 5.56 Å². The predicted molar refractivity (Wildman–Crippen MR) is 75.1 cm³/mol. The van der Waals surface area contributed by atoms with Crippen LogP contribution in [0.3, 0.4) is 0 Å². The third kappa shape index (κ3) is 2.10. The first-order valence-electron chi connectivity index (χ1n) is 6.12. The molecule has 3 rings (SSSR count). The first-order valence-corrected chi connectivity index (χ1v) is 6.12. The zero-order valence-electron chi connectivity index (χ0n) is 10.3. The summed E-state index contributed by atoms with van der Waals surface area (Å²) in [6, 6.07) is 15.2. The molecule has 19 heavy (non-hydrogen) atoms. The number of fused-ring (bicyclic) bond motifs is 1. The standard InChI is InChI=1S/C17H12FN/c1-2-12-6-5-7-13(10-12)17-15-9-4-3-8-14(15)16(18)11-19-17/h1,3-11H,2H2. The van der Waals surface area contributed by atoms with Gasteiger partial charge in [0, 0.05) is 16.3 Å². The summed E-state index contributed by atoms with van der Waals surface area (Å²) in [6.45, 7) is 5.65. The van der Waals surface area contributed by atoms with Crippen molar-refractivity contribution in [2.75, 3.05) is 0 Å². The fourth-order valence-electron chi connectivity index (χ4n) is 2.23. The lowest BCUT2D eigenvalue weighted by molar-refractivity contribution is 0.634. The summed E-state index contributed by atoms with van der Waals surface area (Å²) in [5.74, 6) is -0.297. The van der Waals surface area contributed by atoms with Gasteiger partial charge < -0.3 is 0 Å². The van der Waals surface area contributed by atoms with Crippen molar-refractivity contribution in [3.8, 4) is 11.3 Å². The van der Waals surface area contributed by atoms with Crippen molar-refractivity contribution < 1.29 is 4.39 Å². The monoisotopic (exact) mass is 249 g/mol. The number of hydrogen-bond donors (Lipinski definition) is 0.